The van der Waals surface area contributed by atoms with Crippen LogP contribution in [0.5, 0.6) is 0 Å². The first kappa shape index (κ1) is 16.5. The molecule has 2 aliphatic carbocycles. The molecule has 1 amide bonds. The van der Waals surface area contributed by atoms with Crippen LogP contribution >= 0.6 is 0 Å². The molecule has 134 valence electrons. The zero-order valence-electron chi connectivity index (χ0n) is 14.7. The molecule has 6 heteroatoms. The molecule has 1 saturated carbocycles. The van der Waals surface area contributed by atoms with Crippen molar-refractivity contribution in [2.75, 3.05) is 19.8 Å². The van der Waals surface area contributed by atoms with Crippen LogP contribution in [0, 0.1) is 5.92 Å². The summed E-state index contributed by atoms with van der Waals surface area (Å²) >= 11 is 0. The fraction of sp³-hybridized carbons (Fsp3) is 0.632. The Morgan fingerprint density at radius 3 is 3.04 bits per heavy atom. The van der Waals surface area contributed by atoms with E-state index in [1.54, 1.807) is 6.08 Å². The van der Waals surface area contributed by atoms with E-state index in [0.29, 0.717) is 26.3 Å². The van der Waals surface area contributed by atoms with Gasteiger partial charge >= 0.3 is 0 Å². The van der Waals surface area contributed by atoms with Crippen LogP contribution in [0.15, 0.2) is 24.3 Å². The molecule has 3 aliphatic rings. The lowest BCUT2D eigenvalue weighted by Crippen LogP contribution is -2.41. The molecule has 4 rings (SSSR count). The number of fused-ring (bicyclic) bond motifs is 1. The van der Waals surface area contributed by atoms with Crippen molar-refractivity contribution in [3.8, 4) is 0 Å². The standard InChI is InChI=1S/C19H26N4O2/c1-2-9-25-13-16-11-22(19(24)15-5-3-4-6-15)12-17-18(16)23(21-20-17)10-14-7-8-14/h2,5,14,16H,1,3-4,6-13H2/t16-/m1/s1. The van der Waals surface area contributed by atoms with Crippen LogP contribution in [0.4, 0.5) is 0 Å². The van der Waals surface area contributed by atoms with E-state index in [0.717, 1.165) is 43.0 Å². The van der Waals surface area contributed by atoms with Crippen LogP contribution in [-0.2, 0) is 22.6 Å². The zero-order chi connectivity index (χ0) is 17.2. The number of carbonyl (C=O) groups excluding carboxylic acids is 1. The fourth-order valence-electron chi connectivity index (χ4n) is 3.84. The number of hydrogen-bond acceptors (Lipinski definition) is 4. The molecule has 0 bridgehead atoms. The van der Waals surface area contributed by atoms with Crippen LogP contribution in [0.2, 0.25) is 0 Å². The van der Waals surface area contributed by atoms with Crippen molar-refractivity contribution in [1.82, 2.24) is 19.9 Å². The second-order valence-corrected chi connectivity index (χ2v) is 7.38. The highest BCUT2D eigenvalue weighted by molar-refractivity contribution is 5.94. The maximum atomic E-state index is 12.8. The summed E-state index contributed by atoms with van der Waals surface area (Å²) in [6.07, 6.45) is 9.41. The predicted octanol–water partition coefficient (Wildman–Crippen LogP) is 2.43. The number of hydrogen-bond donors (Lipinski definition) is 0. The third-order valence-electron chi connectivity index (χ3n) is 5.30. The summed E-state index contributed by atoms with van der Waals surface area (Å²) in [7, 11) is 0. The van der Waals surface area contributed by atoms with Crippen molar-refractivity contribution < 1.29 is 9.53 Å². The van der Waals surface area contributed by atoms with Crippen LogP contribution in [0.25, 0.3) is 0 Å². The average Bonchev–Trinajstić information content (AvgIpc) is 3.10. The monoisotopic (exact) mass is 342 g/mol. The Balaban J connectivity index is 1.55. The van der Waals surface area contributed by atoms with Gasteiger partial charge in [0, 0.05) is 24.6 Å². The van der Waals surface area contributed by atoms with E-state index in [4.69, 9.17) is 4.74 Å². The molecular formula is C19H26N4O2. The minimum Gasteiger partial charge on any atom is -0.377 e. The average molecular weight is 342 g/mol. The van der Waals surface area contributed by atoms with E-state index in [1.807, 2.05) is 4.90 Å². The van der Waals surface area contributed by atoms with Crippen molar-refractivity contribution >= 4 is 5.91 Å². The van der Waals surface area contributed by atoms with Gasteiger partial charge in [-0.05, 0) is 38.0 Å². The van der Waals surface area contributed by atoms with Crippen molar-refractivity contribution in [3.05, 3.63) is 35.7 Å². The second kappa shape index (κ2) is 7.12. The lowest BCUT2D eigenvalue weighted by Gasteiger charge is -2.32. The first-order valence-electron chi connectivity index (χ1n) is 9.35. The van der Waals surface area contributed by atoms with Crippen LogP contribution in [-0.4, -0.2) is 45.6 Å². The summed E-state index contributed by atoms with van der Waals surface area (Å²) in [5.41, 5.74) is 3.06. The number of aromatic nitrogens is 3. The zero-order valence-corrected chi connectivity index (χ0v) is 14.7. The van der Waals surface area contributed by atoms with Gasteiger partial charge in [-0.2, -0.15) is 0 Å². The molecule has 2 heterocycles. The maximum Gasteiger partial charge on any atom is 0.249 e. The van der Waals surface area contributed by atoms with Crippen molar-refractivity contribution in [2.45, 2.75) is 51.1 Å². The molecule has 0 radical (unpaired) electrons. The van der Waals surface area contributed by atoms with Gasteiger partial charge < -0.3 is 9.64 Å². The third kappa shape index (κ3) is 3.54. The Kier molecular flexibility index (Phi) is 4.70. The van der Waals surface area contributed by atoms with E-state index in [9.17, 15) is 4.79 Å². The molecule has 1 atom stereocenters. The van der Waals surface area contributed by atoms with Crippen LogP contribution in [0.3, 0.4) is 0 Å². The first-order valence-corrected chi connectivity index (χ1v) is 9.35. The SMILES string of the molecule is C=CCOC[C@H]1CN(C(=O)C2=CCCC2)Cc2nnn(CC3CC3)c21. The van der Waals surface area contributed by atoms with Gasteiger partial charge in [0.25, 0.3) is 0 Å². The Hall–Kier alpha value is -1.95. The second-order valence-electron chi connectivity index (χ2n) is 7.38. The number of rotatable bonds is 7. The van der Waals surface area contributed by atoms with E-state index >= 15 is 0 Å². The van der Waals surface area contributed by atoms with E-state index < -0.39 is 0 Å². The molecule has 1 aromatic rings. The van der Waals surface area contributed by atoms with Crippen LogP contribution < -0.4 is 0 Å². The van der Waals surface area contributed by atoms with Crippen molar-refractivity contribution in [2.24, 2.45) is 5.92 Å². The molecule has 6 nitrogen and oxygen atoms in total. The molecule has 1 fully saturated rings. The minimum atomic E-state index is 0.128. The Bertz CT molecular complexity index is 690. The van der Waals surface area contributed by atoms with Gasteiger partial charge in [-0.1, -0.05) is 17.4 Å². The largest absolute Gasteiger partial charge is 0.377 e. The van der Waals surface area contributed by atoms with Gasteiger partial charge in [0.15, 0.2) is 0 Å². The number of carbonyl (C=O) groups is 1. The highest BCUT2D eigenvalue weighted by atomic mass is 16.5. The number of amides is 1. The molecule has 0 unspecified atom stereocenters. The third-order valence-corrected chi connectivity index (χ3v) is 5.30. The minimum absolute atomic E-state index is 0.128. The summed E-state index contributed by atoms with van der Waals surface area (Å²) in [5, 5.41) is 8.79. The summed E-state index contributed by atoms with van der Waals surface area (Å²) < 4.78 is 7.80. The molecular weight excluding hydrogens is 316 g/mol. The van der Waals surface area contributed by atoms with Crippen molar-refractivity contribution in [1.29, 1.82) is 0 Å². The highest BCUT2D eigenvalue weighted by Crippen LogP contribution is 2.34. The molecule has 0 saturated heterocycles. The van der Waals surface area contributed by atoms with E-state index in [2.05, 4.69) is 27.6 Å². The van der Waals surface area contributed by atoms with Gasteiger partial charge in [-0.25, -0.2) is 4.68 Å². The van der Waals surface area contributed by atoms with Crippen molar-refractivity contribution in [3.63, 3.8) is 0 Å². The highest BCUT2D eigenvalue weighted by Gasteiger charge is 2.35. The molecule has 0 spiro atoms. The quantitative estimate of drug-likeness (QED) is 0.564. The number of ether oxygens (including phenoxy) is 1. The Labute approximate surface area is 148 Å². The molecule has 0 aromatic carbocycles. The lowest BCUT2D eigenvalue weighted by atomic mass is 9.98. The predicted molar refractivity (Wildman–Crippen MR) is 93.9 cm³/mol. The van der Waals surface area contributed by atoms with Gasteiger partial charge in [0.05, 0.1) is 25.5 Å². The van der Waals surface area contributed by atoms with E-state index in [-0.39, 0.29) is 11.8 Å². The Morgan fingerprint density at radius 2 is 2.32 bits per heavy atom. The maximum absolute atomic E-state index is 12.8. The lowest BCUT2D eigenvalue weighted by molar-refractivity contribution is -0.128. The summed E-state index contributed by atoms with van der Waals surface area (Å²) in [5.74, 6) is 1.03. The fourth-order valence-corrected chi connectivity index (χ4v) is 3.84. The summed E-state index contributed by atoms with van der Waals surface area (Å²) in [6.45, 7) is 6.99. The number of nitrogens with zero attached hydrogens (tertiary/aromatic N) is 4. The first-order chi connectivity index (χ1) is 12.3. The molecule has 0 N–H and O–H groups in total. The normalized spacial score (nSPS) is 22.6. The van der Waals surface area contributed by atoms with Gasteiger partial charge in [0.1, 0.15) is 5.69 Å². The molecule has 1 aliphatic heterocycles. The van der Waals surface area contributed by atoms with Gasteiger partial charge in [-0.3, -0.25) is 4.79 Å². The smallest absolute Gasteiger partial charge is 0.249 e. The summed E-state index contributed by atoms with van der Waals surface area (Å²) in [4.78, 5) is 14.8. The number of allylic oxidation sites excluding steroid dienone is 1. The van der Waals surface area contributed by atoms with E-state index in [1.165, 1.54) is 18.5 Å². The van der Waals surface area contributed by atoms with Gasteiger partial charge in [-0.15, -0.1) is 11.7 Å². The summed E-state index contributed by atoms with van der Waals surface area (Å²) in [6, 6.07) is 0. The van der Waals surface area contributed by atoms with Crippen LogP contribution in [0.1, 0.15) is 49.4 Å². The topological polar surface area (TPSA) is 60.2 Å². The van der Waals surface area contributed by atoms with Gasteiger partial charge in [0.2, 0.25) is 5.91 Å². The molecule has 1 aromatic heterocycles. The molecule has 25 heavy (non-hydrogen) atoms. The Morgan fingerprint density at radius 1 is 1.44 bits per heavy atom.